The van der Waals surface area contributed by atoms with Gasteiger partial charge in [0.1, 0.15) is 17.4 Å². The number of para-hydroxylation sites is 1. The number of carbonyl (C=O) groups excluding carboxylic acids is 1. The Morgan fingerprint density at radius 1 is 1.18 bits per heavy atom. The van der Waals surface area contributed by atoms with E-state index in [1.54, 1.807) is 6.07 Å². The molecule has 4 nitrogen and oxygen atoms in total. The van der Waals surface area contributed by atoms with Crippen LogP contribution in [-0.4, -0.2) is 12.8 Å². The summed E-state index contributed by atoms with van der Waals surface area (Å²) in [5, 5.41) is 4.72. The van der Waals surface area contributed by atoms with Gasteiger partial charge in [0, 0.05) is 6.07 Å². The van der Waals surface area contributed by atoms with Crippen molar-refractivity contribution in [3.8, 4) is 5.75 Å². The van der Waals surface area contributed by atoms with Crippen LogP contribution in [-0.2, 0) is 6.42 Å². The van der Waals surface area contributed by atoms with Crippen molar-refractivity contribution in [2.24, 2.45) is 0 Å². The molecule has 0 aromatic heterocycles. The molecule has 0 fully saturated rings. The van der Waals surface area contributed by atoms with Gasteiger partial charge in [-0.15, -0.1) is 0 Å². The molecule has 22 heavy (non-hydrogen) atoms. The molecule has 116 valence electrons. The van der Waals surface area contributed by atoms with Gasteiger partial charge < -0.3 is 15.4 Å². The number of urea groups is 1. The molecule has 0 unspecified atom stereocenters. The Hall–Kier alpha value is -2.63. The summed E-state index contributed by atoms with van der Waals surface area (Å²) in [5.74, 6) is -0.867. The molecule has 0 radical (unpaired) electrons. The van der Waals surface area contributed by atoms with Gasteiger partial charge >= 0.3 is 6.03 Å². The van der Waals surface area contributed by atoms with Gasteiger partial charge in [-0.3, -0.25) is 0 Å². The highest BCUT2D eigenvalue weighted by atomic mass is 19.1. The summed E-state index contributed by atoms with van der Waals surface area (Å²) in [6.45, 7) is 1.94. The van der Waals surface area contributed by atoms with E-state index in [0.717, 1.165) is 24.1 Å². The van der Waals surface area contributed by atoms with Crippen molar-refractivity contribution in [3.63, 3.8) is 0 Å². The molecule has 6 heteroatoms. The van der Waals surface area contributed by atoms with Gasteiger partial charge in [0.15, 0.2) is 6.73 Å². The Balaban J connectivity index is 1.85. The fourth-order valence-corrected chi connectivity index (χ4v) is 1.87. The highest BCUT2D eigenvalue weighted by molar-refractivity contribution is 5.89. The summed E-state index contributed by atoms with van der Waals surface area (Å²) in [5.41, 5.74) is 0.919. The van der Waals surface area contributed by atoms with Crippen molar-refractivity contribution in [2.45, 2.75) is 13.3 Å². The van der Waals surface area contributed by atoms with E-state index in [-0.39, 0.29) is 12.4 Å². The van der Waals surface area contributed by atoms with Gasteiger partial charge in [-0.2, -0.15) is 0 Å². The van der Waals surface area contributed by atoms with Crippen LogP contribution in [0.5, 0.6) is 5.75 Å². The Morgan fingerprint density at radius 3 is 2.68 bits per heavy atom. The number of anilines is 1. The van der Waals surface area contributed by atoms with Crippen molar-refractivity contribution >= 4 is 11.7 Å². The first-order chi connectivity index (χ1) is 10.6. The third kappa shape index (κ3) is 4.18. The fraction of sp³-hybridized carbons (Fsp3) is 0.188. The summed E-state index contributed by atoms with van der Waals surface area (Å²) >= 11 is 0. The van der Waals surface area contributed by atoms with Gasteiger partial charge in [0.2, 0.25) is 0 Å². The zero-order valence-electron chi connectivity index (χ0n) is 12.0. The second-order valence-corrected chi connectivity index (χ2v) is 4.51. The maximum Gasteiger partial charge on any atom is 0.321 e. The number of rotatable bonds is 5. The van der Waals surface area contributed by atoms with Crippen LogP contribution in [0.1, 0.15) is 12.5 Å². The van der Waals surface area contributed by atoms with Crippen molar-refractivity contribution < 1.29 is 18.3 Å². The van der Waals surface area contributed by atoms with Gasteiger partial charge in [-0.25, -0.2) is 13.6 Å². The predicted molar refractivity (Wildman–Crippen MR) is 79.8 cm³/mol. The first-order valence-electron chi connectivity index (χ1n) is 6.80. The van der Waals surface area contributed by atoms with Gasteiger partial charge in [0.25, 0.3) is 0 Å². The number of ether oxygens (including phenoxy) is 1. The summed E-state index contributed by atoms with van der Waals surface area (Å²) in [6.07, 6.45) is 0.809. The first-order valence-corrected chi connectivity index (χ1v) is 6.80. The molecule has 0 aliphatic rings. The number of carbonyl (C=O) groups is 1. The number of nitrogens with one attached hydrogen (secondary N) is 2. The lowest BCUT2D eigenvalue weighted by Gasteiger charge is -2.12. The second kappa shape index (κ2) is 7.40. The minimum Gasteiger partial charge on any atom is -0.473 e. The van der Waals surface area contributed by atoms with E-state index in [2.05, 4.69) is 10.6 Å². The second-order valence-electron chi connectivity index (χ2n) is 4.51. The largest absolute Gasteiger partial charge is 0.473 e. The van der Waals surface area contributed by atoms with E-state index >= 15 is 0 Å². The third-order valence-corrected chi connectivity index (χ3v) is 2.99. The van der Waals surface area contributed by atoms with E-state index in [4.69, 9.17) is 4.74 Å². The van der Waals surface area contributed by atoms with Gasteiger partial charge in [-0.05, 0) is 30.2 Å². The lowest BCUT2D eigenvalue weighted by molar-refractivity contribution is 0.234. The van der Waals surface area contributed by atoms with Crippen LogP contribution in [0, 0.1) is 11.6 Å². The van der Waals surface area contributed by atoms with Crippen molar-refractivity contribution in [2.75, 3.05) is 12.0 Å². The van der Waals surface area contributed by atoms with E-state index in [0.29, 0.717) is 11.8 Å². The van der Waals surface area contributed by atoms with E-state index in [9.17, 15) is 13.6 Å². The number of benzene rings is 2. The fourth-order valence-electron chi connectivity index (χ4n) is 1.87. The predicted octanol–water partition coefficient (Wildman–Crippen LogP) is 3.69. The van der Waals surface area contributed by atoms with Crippen LogP contribution in [0.2, 0.25) is 0 Å². The molecule has 0 aliphatic heterocycles. The topological polar surface area (TPSA) is 50.4 Å². The average Bonchev–Trinajstić information content (AvgIpc) is 2.50. The lowest BCUT2D eigenvalue weighted by atomic mass is 10.1. The Labute approximate surface area is 127 Å². The number of amides is 2. The number of halogens is 2. The van der Waals surface area contributed by atoms with E-state index < -0.39 is 17.7 Å². The van der Waals surface area contributed by atoms with Crippen molar-refractivity contribution in [1.82, 2.24) is 5.32 Å². The Bertz CT molecular complexity index is 662. The maximum atomic E-state index is 13.4. The zero-order valence-corrected chi connectivity index (χ0v) is 12.0. The van der Waals surface area contributed by atoms with Crippen LogP contribution in [0.15, 0.2) is 42.5 Å². The van der Waals surface area contributed by atoms with Gasteiger partial charge in [-0.1, -0.05) is 25.1 Å². The molecule has 0 bridgehead atoms. The van der Waals surface area contributed by atoms with Crippen LogP contribution < -0.4 is 15.4 Å². The number of hydrogen-bond donors (Lipinski definition) is 2. The first kappa shape index (κ1) is 15.8. The molecule has 2 aromatic carbocycles. The quantitative estimate of drug-likeness (QED) is 0.828. The van der Waals surface area contributed by atoms with Crippen LogP contribution >= 0.6 is 0 Å². The summed E-state index contributed by atoms with van der Waals surface area (Å²) in [4.78, 5) is 11.6. The molecule has 0 heterocycles. The molecule has 0 aliphatic carbocycles. The summed E-state index contributed by atoms with van der Waals surface area (Å²) < 4.78 is 31.6. The molecule has 2 N–H and O–H groups in total. The molecule has 2 rings (SSSR count). The van der Waals surface area contributed by atoms with E-state index in [1.807, 2.05) is 25.1 Å². The monoisotopic (exact) mass is 306 g/mol. The molecular formula is C16H16F2N2O2. The molecule has 0 saturated carbocycles. The van der Waals surface area contributed by atoms with Crippen molar-refractivity contribution in [3.05, 3.63) is 59.7 Å². The van der Waals surface area contributed by atoms with Gasteiger partial charge in [0.05, 0.1) is 5.69 Å². The van der Waals surface area contributed by atoms with E-state index in [1.165, 1.54) is 0 Å². The molecule has 0 atom stereocenters. The zero-order chi connectivity index (χ0) is 15.9. The molecular weight excluding hydrogens is 290 g/mol. The molecule has 2 aromatic rings. The molecule has 0 saturated heterocycles. The minimum absolute atomic E-state index is 0.0638. The molecule has 2 amide bonds. The Kier molecular flexibility index (Phi) is 5.30. The van der Waals surface area contributed by atoms with Crippen LogP contribution in [0.4, 0.5) is 19.3 Å². The van der Waals surface area contributed by atoms with Crippen LogP contribution in [0.3, 0.4) is 0 Å². The highest BCUT2D eigenvalue weighted by Gasteiger charge is 2.08. The number of aryl methyl sites for hydroxylation is 1. The SMILES string of the molecule is CCc1ccccc1OCNC(=O)Nc1ccc(F)cc1F. The summed E-state index contributed by atoms with van der Waals surface area (Å²) in [7, 11) is 0. The maximum absolute atomic E-state index is 13.4. The minimum atomic E-state index is -0.840. The third-order valence-electron chi connectivity index (χ3n) is 2.99. The number of hydrogen-bond acceptors (Lipinski definition) is 2. The lowest BCUT2D eigenvalue weighted by Crippen LogP contribution is -2.32. The normalized spacial score (nSPS) is 10.1. The Morgan fingerprint density at radius 2 is 1.95 bits per heavy atom. The standard InChI is InChI=1S/C16H16F2N2O2/c1-2-11-5-3-4-6-15(11)22-10-19-16(21)20-14-8-7-12(17)9-13(14)18/h3-9H,2,10H2,1H3,(H2,19,20,21). The van der Waals surface area contributed by atoms with Crippen LogP contribution in [0.25, 0.3) is 0 Å². The molecule has 0 spiro atoms. The van der Waals surface area contributed by atoms with Crippen molar-refractivity contribution in [1.29, 1.82) is 0 Å². The summed E-state index contributed by atoms with van der Waals surface area (Å²) in [6, 6.07) is 9.75. The smallest absolute Gasteiger partial charge is 0.321 e. The average molecular weight is 306 g/mol. The highest BCUT2D eigenvalue weighted by Crippen LogP contribution is 2.18.